The van der Waals surface area contributed by atoms with Crippen molar-refractivity contribution in [2.24, 2.45) is 16.5 Å². The lowest BCUT2D eigenvalue weighted by Crippen LogP contribution is -2.25. The van der Waals surface area contributed by atoms with E-state index in [1.54, 1.807) is 0 Å². The number of halogens is 1. The second kappa shape index (κ2) is 17.7. The van der Waals surface area contributed by atoms with Crippen molar-refractivity contribution in [2.45, 2.75) is 111 Å². The number of hydrogen-bond donors (Lipinski definition) is 3. The molecule has 0 spiro atoms. The zero-order valence-corrected chi connectivity index (χ0v) is 30.1. The molecule has 4 rings (SSSR count). The van der Waals surface area contributed by atoms with Gasteiger partial charge in [0.1, 0.15) is 9.79 Å². The van der Waals surface area contributed by atoms with Crippen LogP contribution >= 0.6 is 12.4 Å². The summed E-state index contributed by atoms with van der Waals surface area (Å²) in [5.74, 6) is -2.65. The van der Waals surface area contributed by atoms with Crippen molar-refractivity contribution in [1.29, 1.82) is 0 Å². The van der Waals surface area contributed by atoms with Crippen LogP contribution in [0.2, 0.25) is 0 Å². The van der Waals surface area contributed by atoms with Gasteiger partial charge in [-0.05, 0) is 62.8 Å². The molecule has 2 saturated carbocycles. The molecule has 2 fully saturated rings. The number of carbonyl (C=O) groups excluding carboxylic acids is 1. The van der Waals surface area contributed by atoms with Crippen LogP contribution in [-0.4, -0.2) is 60.1 Å². The first-order chi connectivity index (χ1) is 22.9. The maximum absolute atomic E-state index is 13.0. The van der Waals surface area contributed by atoms with E-state index in [0.29, 0.717) is 25.7 Å². The summed E-state index contributed by atoms with van der Waals surface area (Å²) in [7, 11) is -7.75. The minimum atomic E-state index is -3.89. The predicted octanol–water partition coefficient (Wildman–Crippen LogP) is 5.33. The number of carbonyl (C=O) groups is 2. The van der Waals surface area contributed by atoms with E-state index in [-0.39, 0.29) is 44.5 Å². The number of carboxylic acid groups (broad SMARTS) is 1. The van der Waals surface area contributed by atoms with Crippen LogP contribution in [0.1, 0.15) is 109 Å². The highest BCUT2D eigenvalue weighted by molar-refractivity contribution is 7.92. The molecule has 0 bridgehead atoms. The number of nitro benzene ring substituents is 2. The van der Waals surface area contributed by atoms with E-state index >= 15 is 0 Å². The lowest BCUT2D eigenvalue weighted by Gasteiger charge is -2.16. The molecule has 2 aromatic carbocycles. The molecule has 5 N–H and O–H groups in total. The van der Waals surface area contributed by atoms with Crippen LogP contribution < -0.4 is 11.5 Å². The number of carboxylic acids is 1. The Morgan fingerprint density at radius 1 is 0.700 bits per heavy atom. The Labute approximate surface area is 296 Å². The minimum absolute atomic E-state index is 0. The van der Waals surface area contributed by atoms with Gasteiger partial charge in [-0.3, -0.25) is 25.0 Å². The first kappa shape index (κ1) is 42.0. The Kier molecular flexibility index (Phi) is 14.8. The highest BCUT2D eigenvalue weighted by Gasteiger charge is 2.36. The van der Waals surface area contributed by atoms with Crippen LogP contribution in [-0.2, 0) is 19.7 Å². The second-order valence-electron chi connectivity index (χ2n) is 12.2. The monoisotopic (exact) mass is 759 g/mol. The summed E-state index contributed by atoms with van der Waals surface area (Å²) in [6.45, 7) is 2.94. The van der Waals surface area contributed by atoms with Gasteiger partial charge in [0.2, 0.25) is 0 Å². The first-order valence-corrected chi connectivity index (χ1v) is 18.9. The summed E-state index contributed by atoms with van der Waals surface area (Å²) in [6, 6.07) is 4.09. The van der Waals surface area contributed by atoms with E-state index in [1.165, 1.54) is 19.9 Å². The van der Waals surface area contributed by atoms with Gasteiger partial charge in [0.15, 0.2) is 25.6 Å². The van der Waals surface area contributed by atoms with Crippen molar-refractivity contribution in [1.82, 2.24) is 0 Å². The molecule has 0 unspecified atom stereocenters. The summed E-state index contributed by atoms with van der Waals surface area (Å²) in [4.78, 5) is 46.9. The summed E-state index contributed by atoms with van der Waals surface area (Å²) < 4.78 is 51.7. The Bertz CT molecular complexity index is 1860. The van der Waals surface area contributed by atoms with Crippen molar-refractivity contribution in [3.8, 4) is 0 Å². The van der Waals surface area contributed by atoms with Crippen LogP contribution in [0.25, 0.3) is 0 Å². The molecule has 2 aliphatic carbocycles. The minimum Gasteiger partial charge on any atom is -0.478 e. The number of amides is 1. The molecule has 0 heterocycles. The molecular formula is C31H42ClN5O11S2. The molecule has 1 amide bonds. The molecule has 2 aliphatic rings. The highest BCUT2D eigenvalue weighted by Crippen LogP contribution is 2.36. The highest BCUT2D eigenvalue weighted by atomic mass is 35.5. The third-order valence-electron chi connectivity index (χ3n) is 8.79. The Balaban J connectivity index is 0.000000342. The van der Waals surface area contributed by atoms with Gasteiger partial charge in [-0.15, -0.1) is 12.4 Å². The van der Waals surface area contributed by atoms with E-state index in [4.69, 9.17) is 16.6 Å². The average molecular weight is 760 g/mol. The van der Waals surface area contributed by atoms with Gasteiger partial charge in [0.25, 0.3) is 17.3 Å². The van der Waals surface area contributed by atoms with Crippen molar-refractivity contribution in [3.63, 3.8) is 0 Å². The van der Waals surface area contributed by atoms with Gasteiger partial charge in [0, 0.05) is 12.1 Å². The topological polar surface area (TPSA) is 273 Å². The van der Waals surface area contributed by atoms with E-state index in [2.05, 4.69) is 4.99 Å². The molecule has 2 aromatic rings. The van der Waals surface area contributed by atoms with E-state index in [9.17, 15) is 46.7 Å². The van der Waals surface area contributed by atoms with Gasteiger partial charge < -0.3 is 16.6 Å². The average Bonchev–Trinajstić information content (AvgIpc) is 3.47. The van der Waals surface area contributed by atoms with E-state index in [0.717, 1.165) is 69.6 Å². The fraction of sp³-hybridized carbons (Fsp3) is 0.516. The van der Waals surface area contributed by atoms with Crippen LogP contribution in [0, 0.1) is 34.1 Å². The summed E-state index contributed by atoms with van der Waals surface area (Å²) >= 11 is 0. The van der Waals surface area contributed by atoms with Crippen LogP contribution in [0.5, 0.6) is 0 Å². The van der Waals surface area contributed by atoms with Gasteiger partial charge in [-0.1, -0.05) is 51.4 Å². The number of aromatic carboxylic acids is 1. The summed E-state index contributed by atoms with van der Waals surface area (Å²) in [5.41, 5.74) is 9.15. The smallest absolute Gasteiger partial charge is 0.336 e. The van der Waals surface area contributed by atoms with Crippen LogP contribution in [0.3, 0.4) is 0 Å². The van der Waals surface area contributed by atoms with Crippen LogP contribution in [0.15, 0.2) is 39.0 Å². The second-order valence-corrected chi connectivity index (χ2v) is 16.6. The zero-order valence-electron chi connectivity index (χ0n) is 27.7. The Morgan fingerprint density at radius 3 is 1.36 bits per heavy atom. The maximum Gasteiger partial charge on any atom is 0.336 e. The number of guanidine groups is 1. The number of benzene rings is 2. The standard InChI is InChI=1S/C16H22N4O5S.C15H19NO6S.ClH/c1-10-8-14(26(24,25)11-6-4-2-3-5-7-11)13(20(22)23)9-12(10)15(21)19-16(17)18;1-10-8-14(13(16(19)20)9-12(10)15(17)18)23(21,22)11-6-4-2-3-5-7-11;/h8-9,11H,2-7H2,1H3,(H4,17,18,19,21);8-9,11H,2-7H2,1H3,(H,17,18);1H. The Morgan fingerprint density at radius 2 is 1.04 bits per heavy atom. The molecule has 0 atom stereocenters. The van der Waals surface area contributed by atoms with E-state index in [1.807, 2.05) is 0 Å². The number of aryl methyl sites for hydroxylation is 2. The number of sulfone groups is 2. The number of nitrogens with zero attached hydrogens (tertiary/aromatic N) is 3. The molecule has 0 aliphatic heterocycles. The normalized spacial score (nSPS) is 16.0. The van der Waals surface area contributed by atoms with Gasteiger partial charge in [0.05, 0.1) is 31.5 Å². The molecule has 16 nitrogen and oxygen atoms in total. The fourth-order valence-electron chi connectivity index (χ4n) is 6.18. The summed E-state index contributed by atoms with van der Waals surface area (Å²) in [6.07, 6.45) is 8.89. The molecule has 0 saturated heterocycles. The molecule has 19 heteroatoms. The summed E-state index contributed by atoms with van der Waals surface area (Å²) in [5, 5.41) is 30.5. The third kappa shape index (κ3) is 9.97. The lowest BCUT2D eigenvalue weighted by molar-refractivity contribution is -0.388. The van der Waals surface area contributed by atoms with Crippen molar-refractivity contribution >= 4 is 61.3 Å². The van der Waals surface area contributed by atoms with E-state index < -0.39 is 69.2 Å². The van der Waals surface area contributed by atoms with Crippen LogP contribution in [0.4, 0.5) is 11.4 Å². The van der Waals surface area contributed by atoms with Gasteiger partial charge >= 0.3 is 5.97 Å². The maximum atomic E-state index is 13.0. The van der Waals surface area contributed by atoms with Crippen molar-refractivity contribution < 1.29 is 41.4 Å². The number of rotatable bonds is 8. The quantitative estimate of drug-likeness (QED) is 0.101. The Hall–Kier alpha value is -4.16. The largest absolute Gasteiger partial charge is 0.478 e. The van der Waals surface area contributed by atoms with Crippen molar-refractivity contribution in [3.05, 3.63) is 66.7 Å². The van der Waals surface area contributed by atoms with Gasteiger partial charge in [-0.2, -0.15) is 4.99 Å². The molecule has 50 heavy (non-hydrogen) atoms. The molecule has 0 radical (unpaired) electrons. The SMILES string of the molecule is Cc1cc(S(=O)(=O)C2CCCCCC2)c([N+](=O)[O-])cc1C(=O)N=C(N)N.Cc1cc(S(=O)(=O)C2CCCCCC2)c([N+](=O)[O-])cc1C(=O)O.Cl. The molecule has 0 aromatic heterocycles. The number of hydrogen-bond acceptors (Lipinski definition) is 10. The first-order valence-electron chi connectivity index (χ1n) is 15.8. The lowest BCUT2D eigenvalue weighted by atomic mass is 10.1. The predicted molar refractivity (Wildman–Crippen MR) is 187 cm³/mol. The van der Waals surface area contributed by atoms with Gasteiger partial charge in [-0.25, -0.2) is 21.6 Å². The third-order valence-corrected chi connectivity index (χ3v) is 13.4. The molecule has 276 valence electrons. The number of aliphatic imine (C=N–C) groups is 1. The zero-order chi connectivity index (χ0) is 36.7. The molecular weight excluding hydrogens is 718 g/mol. The number of nitrogens with two attached hydrogens (primary N) is 2. The fourth-order valence-corrected chi connectivity index (χ4v) is 10.3. The van der Waals surface area contributed by atoms with Crippen molar-refractivity contribution in [2.75, 3.05) is 0 Å². The number of nitro groups is 2.